The highest BCUT2D eigenvalue weighted by molar-refractivity contribution is 7.89. The third kappa shape index (κ3) is 4.28. The van der Waals surface area contributed by atoms with Gasteiger partial charge in [-0.2, -0.15) is 0 Å². The highest BCUT2D eigenvalue weighted by Crippen LogP contribution is 2.13. The molecule has 122 valence electrons. The Bertz CT molecular complexity index is 628. The fraction of sp³-hybridized carbons (Fsp3) is 0.533. The van der Waals surface area contributed by atoms with Crippen LogP contribution in [0.1, 0.15) is 26.7 Å². The summed E-state index contributed by atoms with van der Waals surface area (Å²) in [6.45, 7) is 6.18. The van der Waals surface area contributed by atoms with Crippen molar-refractivity contribution < 1.29 is 18.1 Å². The van der Waals surface area contributed by atoms with Crippen molar-refractivity contribution in [2.45, 2.75) is 37.6 Å². The van der Waals surface area contributed by atoms with Gasteiger partial charge in [0.2, 0.25) is 10.0 Å². The maximum Gasteiger partial charge on any atom is 0.282 e. The molecule has 1 saturated heterocycles. The number of piperidine rings is 1. The third-order valence-electron chi connectivity index (χ3n) is 4.26. The number of carbonyl (C=O) groups excluding carboxylic acids is 1. The Kier molecular flexibility index (Phi) is 5.20. The van der Waals surface area contributed by atoms with E-state index in [4.69, 9.17) is 5.14 Å². The van der Waals surface area contributed by atoms with Crippen LogP contribution < -0.4 is 15.4 Å². The van der Waals surface area contributed by atoms with Crippen molar-refractivity contribution in [3.05, 3.63) is 24.3 Å². The lowest BCUT2D eigenvalue weighted by molar-refractivity contribution is -0.922. The lowest BCUT2D eigenvalue weighted by Gasteiger charge is -2.31. The topological polar surface area (TPSA) is 93.7 Å². The van der Waals surface area contributed by atoms with Gasteiger partial charge in [0.05, 0.1) is 18.0 Å². The van der Waals surface area contributed by atoms with E-state index in [0.29, 0.717) is 11.6 Å². The molecule has 1 aromatic rings. The van der Waals surface area contributed by atoms with Crippen molar-refractivity contribution in [3.63, 3.8) is 0 Å². The zero-order chi connectivity index (χ0) is 16.3. The summed E-state index contributed by atoms with van der Waals surface area (Å²) in [6.07, 6.45) is 2.38. The first kappa shape index (κ1) is 16.9. The quantitative estimate of drug-likeness (QED) is 0.726. The molecular formula is C15H24N3O3S+. The van der Waals surface area contributed by atoms with E-state index in [2.05, 4.69) is 12.2 Å². The van der Waals surface area contributed by atoms with Crippen LogP contribution in [0.3, 0.4) is 0 Å². The fourth-order valence-electron chi connectivity index (χ4n) is 2.89. The molecule has 1 amide bonds. The average Bonchev–Trinajstić information content (AvgIpc) is 2.46. The second-order valence-electron chi connectivity index (χ2n) is 6.14. The predicted molar refractivity (Wildman–Crippen MR) is 85.0 cm³/mol. The molecule has 1 fully saturated rings. The van der Waals surface area contributed by atoms with Crippen molar-refractivity contribution in [2.75, 3.05) is 18.4 Å². The van der Waals surface area contributed by atoms with E-state index in [1.165, 1.54) is 23.5 Å². The Morgan fingerprint density at radius 2 is 2.00 bits per heavy atom. The van der Waals surface area contributed by atoms with Gasteiger partial charge in [0.25, 0.3) is 5.91 Å². The molecule has 0 aliphatic carbocycles. The molecule has 1 heterocycles. The molecular weight excluding hydrogens is 302 g/mol. The number of amides is 1. The monoisotopic (exact) mass is 326 g/mol. The minimum absolute atomic E-state index is 0.0361. The molecule has 1 aliphatic heterocycles. The van der Waals surface area contributed by atoms with Gasteiger partial charge in [-0.05, 0) is 44.0 Å². The summed E-state index contributed by atoms with van der Waals surface area (Å²) in [5.74, 6) is 0.598. The number of hydrogen-bond donors (Lipinski definition) is 3. The molecule has 1 aliphatic rings. The number of hydrogen-bond acceptors (Lipinski definition) is 3. The van der Waals surface area contributed by atoms with Crippen molar-refractivity contribution in [3.8, 4) is 0 Å². The molecule has 1 unspecified atom stereocenters. The van der Waals surface area contributed by atoms with E-state index >= 15 is 0 Å². The number of nitrogens with one attached hydrogen (secondary N) is 2. The van der Waals surface area contributed by atoms with Gasteiger partial charge in [-0.25, -0.2) is 13.6 Å². The van der Waals surface area contributed by atoms with Crippen LogP contribution in [0.4, 0.5) is 5.69 Å². The van der Waals surface area contributed by atoms with Crippen LogP contribution >= 0.6 is 0 Å². The summed E-state index contributed by atoms with van der Waals surface area (Å²) in [7, 11) is -3.70. The minimum atomic E-state index is -3.70. The van der Waals surface area contributed by atoms with Crippen LogP contribution in [0.25, 0.3) is 0 Å². The van der Waals surface area contributed by atoms with Crippen molar-refractivity contribution in [1.29, 1.82) is 0 Å². The molecule has 0 saturated carbocycles. The van der Waals surface area contributed by atoms with Gasteiger partial charge in [-0.1, -0.05) is 6.92 Å². The molecule has 22 heavy (non-hydrogen) atoms. The second-order valence-corrected chi connectivity index (χ2v) is 7.70. The Labute approximate surface area is 131 Å². The van der Waals surface area contributed by atoms with Gasteiger partial charge in [-0.3, -0.25) is 4.79 Å². The maximum atomic E-state index is 12.3. The summed E-state index contributed by atoms with van der Waals surface area (Å²) < 4.78 is 22.4. The Morgan fingerprint density at radius 3 is 2.55 bits per heavy atom. The number of rotatable bonds is 4. The molecule has 7 heteroatoms. The largest absolute Gasteiger partial charge is 0.325 e. The molecule has 0 radical (unpaired) electrons. The van der Waals surface area contributed by atoms with E-state index in [-0.39, 0.29) is 16.8 Å². The lowest BCUT2D eigenvalue weighted by Crippen LogP contribution is -3.17. The Hall–Kier alpha value is -1.44. The molecule has 6 nitrogen and oxygen atoms in total. The first-order valence-corrected chi connectivity index (χ1v) is 9.10. The van der Waals surface area contributed by atoms with Crippen LogP contribution in [0, 0.1) is 5.92 Å². The number of anilines is 1. The molecule has 0 spiro atoms. The Balaban J connectivity index is 1.99. The standard InChI is InChI=1S/C15H23N3O3S/c1-11-4-3-9-18(10-11)12(2)15(19)17-13-5-7-14(8-6-13)22(16,20)21/h5-8,11-12H,3-4,9-10H2,1-2H3,(H,17,19)(H2,16,20,21)/p+1/t11-,12-/m0/s1. The van der Waals surface area contributed by atoms with Crippen molar-refractivity contribution >= 4 is 21.6 Å². The number of primary sulfonamides is 1. The highest BCUT2D eigenvalue weighted by atomic mass is 32.2. The minimum Gasteiger partial charge on any atom is -0.325 e. The second kappa shape index (κ2) is 6.76. The molecule has 0 bridgehead atoms. The first-order valence-electron chi connectivity index (χ1n) is 7.55. The van der Waals surface area contributed by atoms with Crippen molar-refractivity contribution in [1.82, 2.24) is 0 Å². The molecule has 4 N–H and O–H groups in total. The lowest BCUT2D eigenvalue weighted by atomic mass is 9.99. The van der Waals surface area contributed by atoms with Gasteiger partial charge >= 0.3 is 0 Å². The summed E-state index contributed by atoms with van der Waals surface area (Å²) in [5, 5.41) is 7.89. The maximum absolute atomic E-state index is 12.3. The van der Waals surface area contributed by atoms with Crippen molar-refractivity contribution in [2.24, 2.45) is 11.1 Å². The molecule has 3 atom stereocenters. The van der Waals surface area contributed by atoms with Gasteiger partial charge in [0.15, 0.2) is 6.04 Å². The van der Waals surface area contributed by atoms with Gasteiger partial charge in [-0.15, -0.1) is 0 Å². The Morgan fingerprint density at radius 1 is 1.36 bits per heavy atom. The van der Waals surface area contributed by atoms with E-state index in [1.54, 1.807) is 12.1 Å². The molecule has 1 aromatic carbocycles. The SMILES string of the molecule is C[C@H]1CCC[NH+]([C@@H](C)C(=O)Nc2ccc(S(N)(=O)=O)cc2)C1. The number of carbonyl (C=O) groups is 1. The number of quaternary nitrogens is 1. The normalized spacial score (nSPS) is 23.8. The smallest absolute Gasteiger partial charge is 0.282 e. The third-order valence-corrected chi connectivity index (χ3v) is 5.19. The van der Waals surface area contributed by atoms with Gasteiger partial charge in [0, 0.05) is 11.6 Å². The summed E-state index contributed by atoms with van der Waals surface area (Å²) in [4.78, 5) is 13.7. The first-order chi connectivity index (χ1) is 10.3. The van der Waals surface area contributed by atoms with E-state index in [9.17, 15) is 13.2 Å². The zero-order valence-electron chi connectivity index (χ0n) is 13.0. The number of benzene rings is 1. The van der Waals surface area contributed by atoms with Gasteiger partial charge in [0.1, 0.15) is 0 Å². The predicted octanol–water partition coefficient (Wildman–Crippen LogP) is -0.0242. The highest BCUT2D eigenvalue weighted by Gasteiger charge is 2.29. The van der Waals surface area contributed by atoms with Crippen LogP contribution in [-0.4, -0.2) is 33.5 Å². The summed E-state index contributed by atoms with van der Waals surface area (Å²) in [5.41, 5.74) is 0.578. The van der Waals surface area contributed by atoms with Crippen LogP contribution in [0.5, 0.6) is 0 Å². The number of nitrogens with two attached hydrogens (primary N) is 1. The molecule has 2 rings (SSSR count). The number of likely N-dealkylation sites (tertiary alicyclic amines) is 1. The molecule has 0 aromatic heterocycles. The summed E-state index contributed by atoms with van der Waals surface area (Å²) >= 11 is 0. The number of sulfonamides is 1. The van der Waals surface area contributed by atoms with E-state index < -0.39 is 10.0 Å². The van der Waals surface area contributed by atoms with Crippen LogP contribution in [0.2, 0.25) is 0 Å². The van der Waals surface area contributed by atoms with E-state index in [1.807, 2.05) is 6.92 Å². The average molecular weight is 326 g/mol. The van der Waals surface area contributed by atoms with E-state index in [0.717, 1.165) is 19.5 Å². The van der Waals surface area contributed by atoms with Crippen LogP contribution in [0.15, 0.2) is 29.2 Å². The zero-order valence-corrected chi connectivity index (χ0v) is 13.8. The fourth-order valence-corrected chi connectivity index (χ4v) is 3.40. The van der Waals surface area contributed by atoms with Gasteiger partial charge < -0.3 is 10.2 Å². The summed E-state index contributed by atoms with van der Waals surface area (Å²) in [6, 6.07) is 5.77. The van der Waals surface area contributed by atoms with Crippen LogP contribution in [-0.2, 0) is 14.8 Å².